The predicted octanol–water partition coefficient (Wildman–Crippen LogP) is 2.38. The van der Waals surface area contributed by atoms with Gasteiger partial charge in [-0.3, -0.25) is 4.98 Å². The molecule has 2 aromatic rings. The number of hydrogen-bond donors (Lipinski definition) is 1. The topological polar surface area (TPSA) is 60.8 Å². The van der Waals surface area contributed by atoms with E-state index in [0.717, 1.165) is 5.56 Å². The number of aromatic nitrogens is 1. The molecular formula is C16H19NO4. The van der Waals surface area contributed by atoms with Gasteiger partial charge in [-0.25, -0.2) is 0 Å². The molecule has 0 bridgehead atoms. The van der Waals surface area contributed by atoms with Gasteiger partial charge in [-0.2, -0.15) is 0 Å². The molecule has 5 nitrogen and oxygen atoms in total. The zero-order valence-electron chi connectivity index (χ0n) is 12.4. The van der Waals surface area contributed by atoms with Crippen LogP contribution in [0.3, 0.4) is 0 Å². The van der Waals surface area contributed by atoms with E-state index in [4.69, 9.17) is 14.2 Å². The van der Waals surface area contributed by atoms with E-state index in [1.165, 1.54) is 0 Å². The Morgan fingerprint density at radius 3 is 2.10 bits per heavy atom. The first kappa shape index (κ1) is 15.1. The number of methoxy groups -OCH3 is 3. The zero-order chi connectivity index (χ0) is 15.2. The second kappa shape index (κ2) is 6.95. The van der Waals surface area contributed by atoms with E-state index >= 15 is 0 Å². The highest BCUT2D eigenvalue weighted by Gasteiger charge is 2.18. The first-order valence-electron chi connectivity index (χ1n) is 6.56. The van der Waals surface area contributed by atoms with E-state index in [1.54, 1.807) is 45.9 Å². The van der Waals surface area contributed by atoms with Gasteiger partial charge in [-0.15, -0.1) is 0 Å². The number of nitrogens with zero attached hydrogens (tertiary/aromatic N) is 1. The monoisotopic (exact) mass is 289 g/mol. The predicted molar refractivity (Wildman–Crippen MR) is 79.0 cm³/mol. The van der Waals surface area contributed by atoms with Crippen LogP contribution in [0.1, 0.15) is 17.2 Å². The van der Waals surface area contributed by atoms with Crippen LogP contribution in [-0.2, 0) is 6.42 Å². The molecule has 1 aromatic carbocycles. The van der Waals surface area contributed by atoms with Gasteiger partial charge < -0.3 is 19.3 Å². The lowest BCUT2D eigenvalue weighted by atomic mass is 10.0. The van der Waals surface area contributed by atoms with Crippen LogP contribution >= 0.6 is 0 Å². The number of rotatable bonds is 6. The molecule has 2 rings (SSSR count). The fourth-order valence-corrected chi connectivity index (χ4v) is 2.17. The van der Waals surface area contributed by atoms with Crippen molar-refractivity contribution in [3.05, 3.63) is 47.8 Å². The highest BCUT2D eigenvalue weighted by atomic mass is 16.5. The Bertz CT molecular complexity index is 586. The summed E-state index contributed by atoms with van der Waals surface area (Å²) in [5.41, 5.74) is 1.65. The Morgan fingerprint density at radius 2 is 1.52 bits per heavy atom. The molecule has 0 radical (unpaired) electrons. The molecule has 0 saturated heterocycles. The van der Waals surface area contributed by atoms with E-state index in [0.29, 0.717) is 29.2 Å². The largest absolute Gasteiger partial charge is 0.496 e. The number of hydrogen-bond acceptors (Lipinski definition) is 5. The number of benzene rings is 1. The summed E-state index contributed by atoms with van der Waals surface area (Å²) < 4.78 is 15.9. The van der Waals surface area contributed by atoms with Crippen molar-refractivity contribution < 1.29 is 19.3 Å². The van der Waals surface area contributed by atoms with Gasteiger partial charge in [0.1, 0.15) is 5.75 Å². The third-order valence-corrected chi connectivity index (χ3v) is 3.27. The Kier molecular flexibility index (Phi) is 5.00. The highest BCUT2D eigenvalue weighted by molar-refractivity contribution is 5.51. The summed E-state index contributed by atoms with van der Waals surface area (Å²) >= 11 is 0. The molecule has 112 valence electrons. The molecule has 1 atom stereocenters. The van der Waals surface area contributed by atoms with E-state index in [2.05, 4.69) is 4.98 Å². The summed E-state index contributed by atoms with van der Waals surface area (Å²) in [6.45, 7) is 0. The zero-order valence-corrected chi connectivity index (χ0v) is 12.4. The summed E-state index contributed by atoms with van der Waals surface area (Å²) in [6, 6.07) is 7.19. The molecule has 0 spiro atoms. The smallest absolute Gasteiger partial charge is 0.164 e. The van der Waals surface area contributed by atoms with Crippen molar-refractivity contribution in [2.45, 2.75) is 12.5 Å². The van der Waals surface area contributed by atoms with Gasteiger partial charge in [-0.05, 0) is 23.8 Å². The van der Waals surface area contributed by atoms with Crippen LogP contribution in [0.25, 0.3) is 0 Å². The van der Waals surface area contributed by atoms with Gasteiger partial charge in [0.25, 0.3) is 0 Å². The van der Waals surface area contributed by atoms with E-state index < -0.39 is 6.10 Å². The molecule has 1 heterocycles. The van der Waals surface area contributed by atoms with Gasteiger partial charge in [0.15, 0.2) is 11.5 Å². The van der Waals surface area contributed by atoms with Crippen molar-refractivity contribution >= 4 is 0 Å². The first-order valence-corrected chi connectivity index (χ1v) is 6.56. The number of aliphatic hydroxyl groups is 1. The van der Waals surface area contributed by atoms with Crippen molar-refractivity contribution in [1.82, 2.24) is 4.98 Å². The Labute approximate surface area is 124 Å². The maximum Gasteiger partial charge on any atom is 0.164 e. The molecule has 0 saturated carbocycles. The van der Waals surface area contributed by atoms with Crippen molar-refractivity contribution in [2.24, 2.45) is 0 Å². The Balaban J connectivity index is 2.33. The van der Waals surface area contributed by atoms with E-state index in [-0.39, 0.29) is 0 Å². The third-order valence-electron chi connectivity index (χ3n) is 3.27. The molecule has 0 aliphatic carbocycles. The summed E-state index contributed by atoms with van der Waals surface area (Å²) in [6.07, 6.45) is 3.16. The molecular weight excluding hydrogens is 270 g/mol. The van der Waals surface area contributed by atoms with Crippen molar-refractivity contribution in [2.75, 3.05) is 21.3 Å². The quantitative estimate of drug-likeness (QED) is 0.884. The molecule has 0 amide bonds. The molecule has 1 N–H and O–H groups in total. The summed E-state index contributed by atoms with van der Waals surface area (Å²) in [4.78, 5) is 3.97. The molecule has 5 heteroatoms. The normalized spacial score (nSPS) is 11.8. The van der Waals surface area contributed by atoms with Crippen LogP contribution in [0.2, 0.25) is 0 Å². The second-order valence-electron chi connectivity index (χ2n) is 4.52. The molecule has 0 fully saturated rings. The van der Waals surface area contributed by atoms with Crippen LogP contribution < -0.4 is 14.2 Å². The Morgan fingerprint density at radius 1 is 0.952 bits per heavy atom. The lowest BCUT2D eigenvalue weighted by Crippen LogP contribution is -2.05. The molecule has 1 aromatic heterocycles. The van der Waals surface area contributed by atoms with Gasteiger partial charge in [-0.1, -0.05) is 0 Å². The average molecular weight is 289 g/mol. The number of pyridine rings is 1. The minimum Gasteiger partial charge on any atom is -0.496 e. The fourth-order valence-electron chi connectivity index (χ4n) is 2.17. The lowest BCUT2D eigenvalue weighted by Gasteiger charge is -2.18. The van der Waals surface area contributed by atoms with Crippen molar-refractivity contribution in [3.8, 4) is 17.2 Å². The van der Waals surface area contributed by atoms with Gasteiger partial charge in [0, 0.05) is 30.4 Å². The molecule has 21 heavy (non-hydrogen) atoms. The van der Waals surface area contributed by atoms with Crippen LogP contribution in [0.5, 0.6) is 17.2 Å². The maximum atomic E-state index is 10.5. The van der Waals surface area contributed by atoms with Gasteiger partial charge >= 0.3 is 0 Å². The minimum absolute atomic E-state index is 0.467. The molecule has 0 aliphatic rings. The van der Waals surface area contributed by atoms with E-state index in [9.17, 15) is 5.11 Å². The SMILES string of the molecule is COc1cc(OC)c(C(O)Cc2ccncc2)cc1OC. The molecule has 1 unspecified atom stereocenters. The van der Waals surface area contributed by atoms with Crippen molar-refractivity contribution in [1.29, 1.82) is 0 Å². The first-order chi connectivity index (χ1) is 10.2. The Hall–Kier alpha value is -2.27. The maximum absolute atomic E-state index is 10.5. The van der Waals surface area contributed by atoms with Crippen LogP contribution in [0.15, 0.2) is 36.7 Å². The van der Waals surface area contributed by atoms with Crippen molar-refractivity contribution in [3.63, 3.8) is 0 Å². The number of aliphatic hydroxyl groups excluding tert-OH is 1. The van der Waals surface area contributed by atoms with Crippen LogP contribution in [0, 0.1) is 0 Å². The lowest BCUT2D eigenvalue weighted by molar-refractivity contribution is 0.173. The summed E-state index contributed by atoms with van der Waals surface area (Å²) in [5.74, 6) is 1.69. The average Bonchev–Trinajstić information content (AvgIpc) is 2.54. The summed E-state index contributed by atoms with van der Waals surface area (Å²) in [5, 5.41) is 10.5. The fraction of sp³-hybridized carbons (Fsp3) is 0.312. The second-order valence-corrected chi connectivity index (χ2v) is 4.52. The standard InChI is InChI=1S/C16H19NO4/c1-19-14-10-16(21-3)15(20-2)9-12(14)13(18)8-11-4-6-17-7-5-11/h4-7,9-10,13,18H,8H2,1-3H3. The minimum atomic E-state index is -0.706. The summed E-state index contributed by atoms with van der Waals surface area (Å²) in [7, 11) is 4.68. The van der Waals surface area contributed by atoms with Gasteiger partial charge in [0.2, 0.25) is 0 Å². The van der Waals surface area contributed by atoms with E-state index in [1.807, 2.05) is 12.1 Å². The van der Waals surface area contributed by atoms with Gasteiger partial charge in [0.05, 0.1) is 27.4 Å². The van der Waals surface area contributed by atoms with Crippen LogP contribution in [-0.4, -0.2) is 31.4 Å². The number of ether oxygens (including phenoxy) is 3. The highest BCUT2D eigenvalue weighted by Crippen LogP contribution is 2.38. The molecule has 0 aliphatic heterocycles. The third kappa shape index (κ3) is 3.44. The van der Waals surface area contributed by atoms with Crippen LogP contribution in [0.4, 0.5) is 0 Å².